The van der Waals surface area contributed by atoms with Crippen LogP contribution in [0.3, 0.4) is 0 Å². The Kier molecular flexibility index (Phi) is 11.0. The average Bonchev–Trinajstić information content (AvgIpc) is 3.55. The number of halogens is 1. The number of allylic oxidation sites excluding steroid dienone is 1. The molecule has 2 aromatic carbocycles. The highest BCUT2D eigenvalue weighted by molar-refractivity contribution is 9.10. The summed E-state index contributed by atoms with van der Waals surface area (Å²) in [6, 6.07) is 11.8. The Morgan fingerprint density at radius 1 is 1.07 bits per heavy atom. The van der Waals surface area contributed by atoms with E-state index >= 15 is 0 Å². The van der Waals surface area contributed by atoms with Gasteiger partial charge >= 0.3 is 0 Å². The number of nitrogens with one attached hydrogen (secondary N) is 1. The Morgan fingerprint density at radius 2 is 1.80 bits per heavy atom. The van der Waals surface area contributed by atoms with Crippen molar-refractivity contribution >= 4 is 44.3 Å². The van der Waals surface area contributed by atoms with Gasteiger partial charge in [-0.1, -0.05) is 60.0 Å². The summed E-state index contributed by atoms with van der Waals surface area (Å²) in [5, 5.41) is 3.79. The largest absolute Gasteiger partial charge is 0.491 e. The maximum absolute atomic E-state index is 13.2. The van der Waals surface area contributed by atoms with Crippen LogP contribution in [0.1, 0.15) is 72.9 Å². The molecule has 1 saturated carbocycles. The lowest BCUT2D eigenvalue weighted by atomic mass is 9.95. The number of carbonyl (C=O) groups excluding carboxylic acids is 3. The van der Waals surface area contributed by atoms with Crippen LogP contribution in [0.5, 0.6) is 5.75 Å². The summed E-state index contributed by atoms with van der Waals surface area (Å²) in [5.41, 5.74) is 3.55. The Hall–Kier alpha value is -3.19. The molecule has 1 aliphatic rings. The molecule has 7 heteroatoms. The van der Waals surface area contributed by atoms with Crippen LogP contribution in [0, 0.1) is 25.7 Å². The highest BCUT2D eigenvalue weighted by Gasteiger charge is 2.25. The summed E-state index contributed by atoms with van der Waals surface area (Å²) in [7, 11) is 0. The topological polar surface area (TPSA) is 77.4 Å². The van der Waals surface area contributed by atoms with Gasteiger partial charge in [0.25, 0.3) is 5.91 Å². The van der Waals surface area contributed by atoms with Crippen molar-refractivity contribution < 1.29 is 19.1 Å². The van der Waals surface area contributed by atoms with E-state index in [-0.39, 0.29) is 24.0 Å². The van der Waals surface area contributed by atoms with Gasteiger partial charge in [0.15, 0.2) is 11.6 Å². The average molecular weight is 622 g/mol. The summed E-state index contributed by atoms with van der Waals surface area (Å²) < 4.78 is 8.71. The van der Waals surface area contributed by atoms with Gasteiger partial charge in [-0.3, -0.25) is 14.4 Å². The highest BCUT2D eigenvalue weighted by Crippen LogP contribution is 2.36. The van der Waals surface area contributed by atoms with Crippen molar-refractivity contribution in [2.45, 2.75) is 71.8 Å². The summed E-state index contributed by atoms with van der Waals surface area (Å²) >= 11 is 3.52. The minimum Gasteiger partial charge on any atom is -0.491 e. The third-order valence-electron chi connectivity index (χ3n) is 8.22. The molecule has 1 aromatic heterocycles. The van der Waals surface area contributed by atoms with Gasteiger partial charge in [0, 0.05) is 34.4 Å². The number of benzene rings is 2. The molecule has 0 aliphatic heterocycles. The Bertz CT molecular complexity index is 1390. The zero-order valence-electron chi connectivity index (χ0n) is 24.2. The summed E-state index contributed by atoms with van der Waals surface area (Å²) in [6.45, 7) is 8.57. The third kappa shape index (κ3) is 8.41. The summed E-state index contributed by atoms with van der Waals surface area (Å²) in [5.74, 6) is 2.23. The zero-order chi connectivity index (χ0) is 29.4. The van der Waals surface area contributed by atoms with E-state index in [0.29, 0.717) is 43.4 Å². The number of carbonyl (C=O) groups is 3. The molecule has 6 nitrogen and oxygen atoms in total. The standard InChI is InChI=1S/C34H41BrN2O4/c1-4-28(38)15-13-26-12-11-25(19-26)9-6-10-29(39)21-37-22-31(30-20-27(35)14-16-32(30)37)34(40)36-17-18-41-33-23(2)7-5-8-24(33)3/h4-5,7-8,14,16,20,22,25-26H,1,6,9-13,15,17-19,21H2,2-3H3,(H,36,40). The number of hydrogen-bond acceptors (Lipinski definition) is 4. The van der Waals surface area contributed by atoms with Crippen molar-refractivity contribution in [2.24, 2.45) is 11.8 Å². The molecule has 0 bridgehead atoms. The third-order valence-corrected chi connectivity index (χ3v) is 8.71. The normalized spacial score (nSPS) is 16.6. The van der Waals surface area contributed by atoms with E-state index in [1.807, 2.05) is 54.8 Å². The van der Waals surface area contributed by atoms with Gasteiger partial charge in [-0.05, 0) is 80.3 Å². The minimum atomic E-state index is -0.185. The van der Waals surface area contributed by atoms with E-state index < -0.39 is 0 Å². The fourth-order valence-electron chi connectivity index (χ4n) is 6.03. The van der Waals surface area contributed by atoms with Gasteiger partial charge < -0.3 is 14.6 Å². The molecule has 4 rings (SSSR count). The smallest absolute Gasteiger partial charge is 0.253 e. The van der Waals surface area contributed by atoms with Crippen molar-refractivity contribution in [1.29, 1.82) is 0 Å². The number of fused-ring (bicyclic) bond motifs is 1. The van der Waals surface area contributed by atoms with Gasteiger partial charge in [-0.2, -0.15) is 0 Å². The molecule has 2 unspecified atom stereocenters. The molecule has 0 radical (unpaired) electrons. The maximum atomic E-state index is 13.2. The van der Waals surface area contributed by atoms with Crippen LogP contribution in [0.15, 0.2) is 59.7 Å². The maximum Gasteiger partial charge on any atom is 0.253 e. The molecular formula is C34H41BrN2O4. The molecule has 2 atom stereocenters. The Balaban J connectivity index is 1.29. The van der Waals surface area contributed by atoms with Crippen molar-refractivity contribution in [3.8, 4) is 5.75 Å². The van der Waals surface area contributed by atoms with Crippen LogP contribution < -0.4 is 10.1 Å². The fourth-order valence-corrected chi connectivity index (χ4v) is 6.39. The van der Waals surface area contributed by atoms with E-state index in [0.717, 1.165) is 57.9 Å². The number of ketones is 2. The van der Waals surface area contributed by atoms with Crippen molar-refractivity contribution in [3.05, 3.63) is 76.4 Å². The molecule has 1 amide bonds. The lowest BCUT2D eigenvalue weighted by molar-refractivity contribution is -0.119. The van der Waals surface area contributed by atoms with E-state index in [1.165, 1.54) is 18.9 Å². The first-order chi connectivity index (χ1) is 19.7. The zero-order valence-corrected chi connectivity index (χ0v) is 25.8. The second-order valence-corrected chi connectivity index (χ2v) is 12.3. The summed E-state index contributed by atoms with van der Waals surface area (Å²) in [4.78, 5) is 37.6. The van der Waals surface area contributed by atoms with Gasteiger partial charge in [0.2, 0.25) is 0 Å². The quantitative estimate of drug-likeness (QED) is 0.141. The predicted molar refractivity (Wildman–Crippen MR) is 168 cm³/mol. The van der Waals surface area contributed by atoms with Crippen LogP contribution in [0.2, 0.25) is 0 Å². The van der Waals surface area contributed by atoms with Gasteiger partial charge in [-0.15, -0.1) is 0 Å². The second kappa shape index (κ2) is 14.6. The molecule has 3 aromatic rings. The molecular weight excluding hydrogens is 580 g/mol. The molecule has 1 heterocycles. The number of ether oxygens (including phenoxy) is 1. The number of Topliss-reactive ketones (excluding diaryl/α,β-unsaturated/α-hetero) is 1. The Labute approximate surface area is 251 Å². The van der Waals surface area contributed by atoms with Crippen molar-refractivity contribution in [1.82, 2.24) is 9.88 Å². The first-order valence-corrected chi connectivity index (χ1v) is 15.5. The van der Waals surface area contributed by atoms with Crippen molar-refractivity contribution in [2.75, 3.05) is 13.2 Å². The Morgan fingerprint density at radius 3 is 2.54 bits per heavy atom. The van der Waals surface area contributed by atoms with Crippen molar-refractivity contribution in [3.63, 3.8) is 0 Å². The van der Waals surface area contributed by atoms with E-state index in [2.05, 4.69) is 27.8 Å². The lowest BCUT2D eigenvalue weighted by Crippen LogP contribution is -2.28. The van der Waals surface area contributed by atoms with Crippen LogP contribution in [-0.2, 0) is 16.1 Å². The number of rotatable bonds is 15. The highest BCUT2D eigenvalue weighted by atomic mass is 79.9. The molecule has 41 heavy (non-hydrogen) atoms. The molecule has 1 aliphatic carbocycles. The monoisotopic (exact) mass is 620 g/mol. The lowest BCUT2D eigenvalue weighted by Gasteiger charge is -2.12. The van der Waals surface area contributed by atoms with Gasteiger partial charge in [-0.25, -0.2) is 0 Å². The second-order valence-electron chi connectivity index (χ2n) is 11.3. The predicted octanol–water partition coefficient (Wildman–Crippen LogP) is 7.52. The van der Waals surface area contributed by atoms with Gasteiger partial charge in [0.05, 0.1) is 18.7 Å². The number of hydrogen-bond donors (Lipinski definition) is 1. The molecule has 218 valence electrons. The van der Waals surface area contributed by atoms with E-state index in [4.69, 9.17) is 4.74 Å². The first-order valence-electron chi connectivity index (χ1n) is 14.7. The molecule has 0 spiro atoms. The molecule has 1 N–H and O–H groups in total. The number of nitrogens with zero attached hydrogens (tertiary/aromatic N) is 1. The number of amides is 1. The van der Waals surface area contributed by atoms with Gasteiger partial charge in [0.1, 0.15) is 12.4 Å². The number of para-hydroxylation sites is 1. The van der Waals surface area contributed by atoms with E-state index in [9.17, 15) is 14.4 Å². The van der Waals surface area contributed by atoms with Crippen LogP contribution in [-0.4, -0.2) is 35.2 Å². The number of aromatic nitrogens is 1. The van der Waals surface area contributed by atoms with Crippen LogP contribution in [0.25, 0.3) is 10.9 Å². The molecule has 1 fully saturated rings. The van der Waals surface area contributed by atoms with E-state index in [1.54, 1.807) is 6.20 Å². The van der Waals surface area contributed by atoms with Crippen LogP contribution >= 0.6 is 15.9 Å². The van der Waals surface area contributed by atoms with Crippen LogP contribution in [0.4, 0.5) is 0 Å². The molecule has 0 saturated heterocycles. The number of aryl methyl sites for hydroxylation is 2. The SMILES string of the molecule is C=CC(=O)CCC1CCC(CCCC(=O)Cn2cc(C(=O)NCCOc3c(C)cccc3C)c3cc(Br)ccc32)C1. The first kappa shape index (κ1) is 30.8. The summed E-state index contributed by atoms with van der Waals surface area (Å²) in [6.07, 6.45) is 10.7. The fraction of sp³-hybridized carbons (Fsp3) is 0.441. The minimum absolute atomic E-state index is 0.131.